The maximum absolute atomic E-state index is 13.1. The number of aryl methyl sites for hydroxylation is 1. The highest BCUT2D eigenvalue weighted by Gasteiger charge is 2.12. The minimum absolute atomic E-state index is 0.133. The number of halogens is 2. The van der Waals surface area contributed by atoms with Crippen molar-refractivity contribution in [2.75, 3.05) is 11.9 Å². The summed E-state index contributed by atoms with van der Waals surface area (Å²) < 4.78 is 25.9. The van der Waals surface area contributed by atoms with E-state index in [4.69, 9.17) is 5.73 Å². The van der Waals surface area contributed by atoms with Crippen LogP contribution in [-0.4, -0.2) is 6.54 Å². The van der Waals surface area contributed by atoms with Crippen LogP contribution in [0.1, 0.15) is 17.2 Å². The summed E-state index contributed by atoms with van der Waals surface area (Å²) in [4.78, 5) is 0. The predicted octanol–water partition coefficient (Wildman–Crippen LogP) is 3.39. The molecule has 0 heterocycles. The van der Waals surface area contributed by atoms with E-state index in [0.717, 1.165) is 16.8 Å². The summed E-state index contributed by atoms with van der Waals surface area (Å²) in [5, 5.41) is 3.22. The summed E-state index contributed by atoms with van der Waals surface area (Å²) in [5.74, 6) is -0.549. The third-order valence-corrected chi connectivity index (χ3v) is 3.03. The lowest BCUT2D eigenvalue weighted by Gasteiger charge is -2.20. The molecule has 19 heavy (non-hydrogen) atoms. The Bertz CT molecular complexity index is 553. The Morgan fingerprint density at radius 3 is 2.26 bits per heavy atom. The van der Waals surface area contributed by atoms with Crippen LogP contribution in [0.25, 0.3) is 0 Å². The highest BCUT2D eigenvalue weighted by molar-refractivity contribution is 5.46. The van der Waals surface area contributed by atoms with Gasteiger partial charge >= 0.3 is 0 Å². The monoisotopic (exact) mass is 262 g/mol. The van der Waals surface area contributed by atoms with Crippen molar-refractivity contribution in [2.45, 2.75) is 13.0 Å². The van der Waals surface area contributed by atoms with Gasteiger partial charge in [-0.3, -0.25) is 0 Å². The molecule has 0 saturated heterocycles. The SMILES string of the molecule is Cc1cc(F)ccc1C(CN)Nc1ccc(F)cc1. The minimum Gasteiger partial charge on any atom is -0.377 e. The summed E-state index contributed by atoms with van der Waals surface area (Å²) in [5.41, 5.74) is 8.31. The molecule has 0 amide bonds. The average molecular weight is 262 g/mol. The van der Waals surface area contributed by atoms with Crippen molar-refractivity contribution in [3.63, 3.8) is 0 Å². The van der Waals surface area contributed by atoms with Gasteiger partial charge in [-0.2, -0.15) is 0 Å². The summed E-state index contributed by atoms with van der Waals surface area (Å²) in [6, 6.07) is 10.5. The second kappa shape index (κ2) is 5.80. The molecular formula is C15H16F2N2. The van der Waals surface area contributed by atoms with Crippen LogP contribution in [0.3, 0.4) is 0 Å². The molecule has 0 radical (unpaired) electrons. The molecule has 1 unspecified atom stereocenters. The number of nitrogens with one attached hydrogen (secondary N) is 1. The molecule has 100 valence electrons. The highest BCUT2D eigenvalue weighted by atomic mass is 19.1. The van der Waals surface area contributed by atoms with Crippen LogP contribution in [0.2, 0.25) is 0 Å². The number of hydrogen-bond donors (Lipinski definition) is 2. The van der Waals surface area contributed by atoms with Gasteiger partial charge in [0.1, 0.15) is 11.6 Å². The van der Waals surface area contributed by atoms with Gasteiger partial charge in [-0.15, -0.1) is 0 Å². The van der Waals surface area contributed by atoms with E-state index in [9.17, 15) is 8.78 Å². The lowest BCUT2D eigenvalue weighted by Crippen LogP contribution is -2.21. The Balaban J connectivity index is 2.22. The van der Waals surface area contributed by atoms with Gasteiger partial charge in [0, 0.05) is 12.2 Å². The molecule has 2 aromatic carbocycles. The van der Waals surface area contributed by atoms with E-state index in [1.54, 1.807) is 18.2 Å². The van der Waals surface area contributed by atoms with E-state index in [1.165, 1.54) is 24.3 Å². The van der Waals surface area contributed by atoms with E-state index in [-0.39, 0.29) is 17.7 Å². The molecule has 0 bridgehead atoms. The first-order valence-electron chi connectivity index (χ1n) is 6.08. The van der Waals surface area contributed by atoms with Crippen molar-refractivity contribution in [1.82, 2.24) is 0 Å². The van der Waals surface area contributed by atoms with Crippen LogP contribution in [-0.2, 0) is 0 Å². The van der Waals surface area contributed by atoms with E-state index in [2.05, 4.69) is 5.32 Å². The van der Waals surface area contributed by atoms with Crippen molar-refractivity contribution in [3.05, 3.63) is 65.2 Å². The van der Waals surface area contributed by atoms with E-state index in [0.29, 0.717) is 6.54 Å². The molecule has 4 heteroatoms. The van der Waals surface area contributed by atoms with Crippen molar-refractivity contribution in [1.29, 1.82) is 0 Å². The normalized spacial score (nSPS) is 12.2. The first-order chi connectivity index (χ1) is 9.10. The highest BCUT2D eigenvalue weighted by Crippen LogP contribution is 2.22. The number of benzene rings is 2. The van der Waals surface area contributed by atoms with E-state index >= 15 is 0 Å². The first kappa shape index (κ1) is 13.5. The zero-order valence-corrected chi connectivity index (χ0v) is 10.7. The predicted molar refractivity (Wildman–Crippen MR) is 73.0 cm³/mol. The molecule has 0 aromatic heterocycles. The molecule has 3 N–H and O–H groups in total. The standard InChI is InChI=1S/C15H16F2N2/c1-10-8-12(17)4-7-14(10)15(9-18)19-13-5-2-11(16)3-6-13/h2-8,15,19H,9,18H2,1H3. The van der Waals surface area contributed by atoms with Gasteiger partial charge in [0.15, 0.2) is 0 Å². The third kappa shape index (κ3) is 3.29. The fourth-order valence-electron chi connectivity index (χ4n) is 2.04. The van der Waals surface area contributed by atoms with Crippen molar-refractivity contribution in [3.8, 4) is 0 Å². The summed E-state index contributed by atoms with van der Waals surface area (Å²) in [6.07, 6.45) is 0. The number of anilines is 1. The Hall–Kier alpha value is -1.94. The Morgan fingerprint density at radius 1 is 1.05 bits per heavy atom. The Labute approximate surface area is 111 Å². The molecule has 0 fully saturated rings. The second-order valence-corrected chi connectivity index (χ2v) is 4.44. The van der Waals surface area contributed by atoms with Crippen LogP contribution >= 0.6 is 0 Å². The first-order valence-corrected chi connectivity index (χ1v) is 6.08. The van der Waals surface area contributed by atoms with Gasteiger partial charge in [-0.1, -0.05) is 6.07 Å². The fraction of sp³-hybridized carbons (Fsp3) is 0.200. The molecular weight excluding hydrogens is 246 g/mol. The van der Waals surface area contributed by atoms with Gasteiger partial charge in [-0.05, 0) is 54.4 Å². The average Bonchev–Trinajstić information content (AvgIpc) is 2.39. The van der Waals surface area contributed by atoms with Gasteiger partial charge in [-0.25, -0.2) is 8.78 Å². The maximum Gasteiger partial charge on any atom is 0.123 e. The summed E-state index contributed by atoms with van der Waals surface area (Å²) in [6.45, 7) is 2.21. The molecule has 0 spiro atoms. The fourth-order valence-corrected chi connectivity index (χ4v) is 2.04. The van der Waals surface area contributed by atoms with Crippen molar-refractivity contribution < 1.29 is 8.78 Å². The molecule has 0 aliphatic rings. The molecule has 2 aromatic rings. The molecule has 0 saturated carbocycles. The molecule has 0 aliphatic carbocycles. The van der Waals surface area contributed by atoms with Gasteiger partial charge in [0.2, 0.25) is 0 Å². The van der Waals surface area contributed by atoms with Gasteiger partial charge in [0.05, 0.1) is 6.04 Å². The third-order valence-electron chi connectivity index (χ3n) is 3.03. The van der Waals surface area contributed by atoms with Gasteiger partial charge < -0.3 is 11.1 Å². The smallest absolute Gasteiger partial charge is 0.123 e. The Kier molecular flexibility index (Phi) is 4.12. The van der Waals surface area contributed by atoms with E-state index < -0.39 is 0 Å². The largest absolute Gasteiger partial charge is 0.377 e. The molecule has 0 aliphatic heterocycles. The minimum atomic E-state index is -0.284. The molecule has 2 nitrogen and oxygen atoms in total. The van der Waals surface area contributed by atoms with Crippen LogP contribution in [0.5, 0.6) is 0 Å². The summed E-state index contributed by atoms with van der Waals surface area (Å²) in [7, 11) is 0. The van der Waals surface area contributed by atoms with Crippen molar-refractivity contribution in [2.24, 2.45) is 5.73 Å². The zero-order chi connectivity index (χ0) is 13.8. The van der Waals surface area contributed by atoms with Crippen molar-refractivity contribution >= 4 is 5.69 Å². The summed E-state index contributed by atoms with van der Waals surface area (Å²) >= 11 is 0. The van der Waals surface area contributed by atoms with Crippen LogP contribution in [0.15, 0.2) is 42.5 Å². The zero-order valence-electron chi connectivity index (χ0n) is 10.7. The molecule has 1 atom stereocenters. The Morgan fingerprint density at radius 2 is 1.68 bits per heavy atom. The lowest BCUT2D eigenvalue weighted by atomic mass is 10.0. The second-order valence-electron chi connectivity index (χ2n) is 4.44. The number of rotatable bonds is 4. The van der Waals surface area contributed by atoms with Crippen LogP contribution in [0.4, 0.5) is 14.5 Å². The quantitative estimate of drug-likeness (QED) is 0.886. The topological polar surface area (TPSA) is 38.0 Å². The van der Waals surface area contributed by atoms with Crippen LogP contribution < -0.4 is 11.1 Å². The number of nitrogens with two attached hydrogens (primary N) is 1. The molecule has 2 rings (SSSR count). The van der Waals surface area contributed by atoms with Crippen LogP contribution in [0, 0.1) is 18.6 Å². The van der Waals surface area contributed by atoms with Gasteiger partial charge in [0.25, 0.3) is 0 Å². The maximum atomic E-state index is 13.1. The lowest BCUT2D eigenvalue weighted by molar-refractivity contribution is 0.623. The number of hydrogen-bond acceptors (Lipinski definition) is 2. The van der Waals surface area contributed by atoms with E-state index in [1.807, 2.05) is 6.92 Å².